The minimum Gasteiger partial charge on any atom is -0.480 e. The molecule has 0 spiro atoms. The highest BCUT2D eigenvalue weighted by molar-refractivity contribution is 7.90. The van der Waals surface area contributed by atoms with Crippen LogP contribution in [-0.4, -0.2) is 35.1 Å². The minimum absolute atomic E-state index is 0.0987. The third-order valence-corrected chi connectivity index (χ3v) is 6.31. The Morgan fingerprint density at radius 1 is 1.38 bits per heavy atom. The highest BCUT2D eigenvalue weighted by atomic mass is 35.5. The second kappa shape index (κ2) is 6.12. The lowest BCUT2D eigenvalue weighted by Crippen LogP contribution is -2.42. The van der Waals surface area contributed by atoms with Crippen LogP contribution in [0.4, 0.5) is 0 Å². The number of hydrogen-bond acceptors (Lipinski definition) is 3. The Balaban J connectivity index is 2.28. The van der Waals surface area contributed by atoms with Crippen LogP contribution in [0.15, 0.2) is 18.2 Å². The van der Waals surface area contributed by atoms with Crippen LogP contribution in [0.1, 0.15) is 25.3 Å². The van der Waals surface area contributed by atoms with Gasteiger partial charge < -0.3 is 5.11 Å². The summed E-state index contributed by atoms with van der Waals surface area (Å²) in [4.78, 5) is 11.0. The van der Waals surface area contributed by atoms with Gasteiger partial charge in [0.1, 0.15) is 0 Å². The summed E-state index contributed by atoms with van der Waals surface area (Å²) in [7, 11) is -3.90. The highest BCUT2D eigenvalue weighted by Crippen LogP contribution is 2.33. The van der Waals surface area contributed by atoms with Crippen molar-refractivity contribution in [3.05, 3.63) is 33.8 Å². The lowest BCUT2D eigenvalue weighted by molar-refractivity contribution is -0.136. The number of aliphatic carboxylic acids is 1. The fraction of sp³-hybridized carbons (Fsp3) is 0.462. The normalized spacial score (nSPS) is 17.0. The number of sulfonamides is 1. The first-order valence-electron chi connectivity index (χ1n) is 6.41. The van der Waals surface area contributed by atoms with Gasteiger partial charge in [-0.3, -0.25) is 4.79 Å². The van der Waals surface area contributed by atoms with Gasteiger partial charge in [0.25, 0.3) is 0 Å². The number of carboxylic acid groups (broad SMARTS) is 1. The maximum absolute atomic E-state index is 12.4. The first-order valence-corrected chi connectivity index (χ1v) is 8.66. The lowest BCUT2D eigenvalue weighted by atomic mass is 10.2. The van der Waals surface area contributed by atoms with Crippen molar-refractivity contribution in [1.82, 2.24) is 4.31 Å². The molecule has 1 N–H and O–H groups in total. The Kier molecular flexibility index (Phi) is 4.82. The molecular weight excluding hydrogens is 337 g/mol. The van der Waals surface area contributed by atoms with Crippen molar-refractivity contribution in [2.24, 2.45) is 0 Å². The topological polar surface area (TPSA) is 74.7 Å². The minimum atomic E-state index is -3.90. The largest absolute Gasteiger partial charge is 0.480 e. The average Bonchev–Trinajstić information content (AvgIpc) is 3.23. The van der Waals surface area contributed by atoms with E-state index in [1.54, 1.807) is 18.2 Å². The molecule has 0 saturated heterocycles. The van der Waals surface area contributed by atoms with Gasteiger partial charge in [0.2, 0.25) is 10.0 Å². The van der Waals surface area contributed by atoms with Gasteiger partial charge in [0.15, 0.2) is 5.25 Å². The smallest absolute Gasteiger partial charge is 0.323 e. The second-order valence-corrected chi connectivity index (χ2v) is 8.07. The van der Waals surface area contributed by atoms with Gasteiger partial charge in [0, 0.05) is 12.6 Å². The standard InChI is InChI=1S/C13H15Cl2NO4S/c1-8(13(17)18)21(19,20)16(10-3-4-10)7-9-2-5-11(14)12(15)6-9/h2,5-6,8,10H,3-4,7H2,1H3,(H,17,18). The summed E-state index contributed by atoms with van der Waals surface area (Å²) in [5.74, 6) is -1.35. The van der Waals surface area contributed by atoms with Crippen molar-refractivity contribution < 1.29 is 18.3 Å². The van der Waals surface area contributed by atoms with Crippen molar-refractivity contribution in [2.45, 2.75) is 37.6 Å². The van der Waals surface area contributed by atoms with Crippen LogP contribution in [0, 0.1) is 0 Å². The molecule has 1 atom stereocenters. The summed E-state index contributed by atoms with van der Waals surface area (Å²) in [6.07, 6.45) is 1.49. The van der Waals surface area contributed by atoms with E-state index in [1.165, 1.54) is 11.2 Å². The zero-order valence-electron chi connectivity index (χ0n) is 11.3. The third kappa shape index (κ3) is 3.69. The summed E-state index contributed by atoms with van der Waals surface area (Å²) in [6.45, 7) is 1.28. The van der Waals surface area contributed by atoms with Gasteiger partial charge in [-0.05, 0) is 37.5 Å². The predicted molar refractivity (Wildman–Crippen MR) is 81.0 cm³/mol. The summed E-state index contributed by atoms with van der Waals surface area (Å²) in [5.41, 5.74) is 0.678. The Bertz CT molecular complexity index is 658. The van der Waals surface area contributed by atoms with Crippen LogP contribution in [0.3, 0.4) is 0 Å². The monoisotopic (exact) mass is 351 g/mol. The second-order valence-electron chi connectivity index (χ2n) is 5.05. The number of rotatable bonds is 6. The van der Waals surface area contributed by atoms with Gasteiger partial charge in [-0.25, -0.2) is 8.42 Å². The molecule has 0 bridgehead atoms. The van der Waals surface area contributed by atoms with Gasteiger partial charge in [0.05, 0.1) is 10.0 Å². The van der Waals surface area contributed by atoms with E-state index in [1.807, 2.05) is 0 Å². The molecule has 1 aliphatic rings. The van der Waals surface area contributed by atoms with Crippen molar-refractivity contribution in [2.75, 3.05) is 0 Å². The Labute approximate surface area is 133 Å². The molecule has 1 unspecified atom stereocenters. The van der Waals surface area contributed by atoms with Crippen LogP contribution in [-0.2, 0) is 21.4 Å². The summed E-state index contributed by atoms with van der Waals surface area (Å²) >= 11 is 11.8. The van der Waals surface area contributed by atoms with Gasteiger partial charge >= 0.3 is 5.97 Å². The Hall–Kier alpha value is -0.820. The number of carboxylic acids is 1. The van der Waals surface area contributed by atoms with Gasteiger partial charge in [-0.15, -0.1) is 0 Å². The number of halogens is 2. The first kappa shape index (κ1) is 16.5. The molecule has 116 valence electrons. The van der Waals surface area contributed by atoms with Crippen molar-refractivity contribution in [3.8, 4) is 0 Å². The Morgan fingerprint density at radius 3 is 2.48 bits per heavy atom. The van der Waals surface area contributed by atoms with Crippen molar-refractivity contribution in [1.29, 1.82) is 0 Å². The number of carbonyl (C=O) groups is 1. The molecule has 1 saturated carbocycles. The van der Waals surface area contributed by atoms with E-state index < -0.39 is 21.2 Å². The molecule has 0 amide bonds. The van der Waals surface area contributed by atoms with Crippen LogP contribution in [0.2, 0.25) is 10.0 Å². The third-order valence-electron chi connectivity index (χ3n) is 3.40. The van der Waals surface area contributed by atoms with E-state index in [4.69, 9.17) is 28.3 Å². The number of hydrogen-bond donors (Lipinski definition) is 1. The van der Waals surface area contributed by atoms with Crippen LogP contribution >= 0.6 is 23.2 Å². The molecule has 0 heterocycles. The average molecular weight is 352 g/mol. The molecule has 1 aliphatic carbocycles. The zero-order valence-corrected chi connectivity index (χ0v) is 13.6. The SMILES string of the molecule is CC(C(=O)O)S(=O)(=O)N(Cc1ccc(Cl)c(Cl)c1)C1CC1. The lowest BCUT2D eigenvalue weighted by Gasteiger charge is -2.24. The van der Waals surface area contributed by atoms with E-state index in [9.17, 15) is 13.2 Å². The fourth-order valence-corrected chi connectivity index (χ4v) is 3.87. The molecule has 0 radical (unpaired) electrons. The highest BCUT2D eigenvalue weighted by Gasteiger charge is 2.42. The quantitative estimate of drug-likeness (QED) is 0.854. The van der Waals surface area contributed by atoms with Crippen molar-refractivity contribution >= 4 is 39.2 Å². The van der Waals surface area contributed by atoms with E-state index in [-0.39, 0.29) is 12.6 Å². The first-order chi connectivity index (χ1) is 9.73. The van der Waals surface area contributed by atoms with E-state index in [2.05, 4.69) is 0 Å². The van der Waals surface area contributed by atoms with Crippen LogP contribution in [0.5, 0.6) is 0 Å². The van der Waals surface area contributed by atoms with Crippen LogP contribution in [0.25, 0.3) is 0 Å². The number of benzene rings is 1. The summed E-state index contributed by atoms with van der Waals surface area (Å²) in [5, 5.41) is 8.23. The fourth-order valence-electron chi connectivity index (χ4n) is 1.94. The maximum atomic E-state index is 12.4. The predicted octanol–water partition coefficient (Wildman–Crippen LogP) is 2.76. The molecule has 0 aromatic heterocycles. The Morgan fingerprint density at radius 2 is 2.00 bits per heavy atom. The molecule has 0 aliphatic heterocycles. The van der Waals surface area contributed by atoms with E-state index in [0.29, 0.717) is 15.6 Å². The molecule has 1 aromatic rings. The van der Waals surface area contributed by atoms with E-state index in [0.717, 1.165) is 12.8 Å². The zero-order chi connectivity index (χ0) is 15.8. The van der Waals surface area contributed by atoms with Crippen molar-refractivity contribution in [3.63, 3.8) is 0 Å². The van der Waals surface area contributed by atoms with E-state index >= 15 is 0 Å². The number of nitrogens with zero attached hydrogens (tertiary/aromatic N) is 1. The van der Waals surface area contributed by atoms with Crippen LogP contribution < -0.4 is 0 Å². The summed E-state index contributed by atoms with van der Waals surface area (Å²) < 4.78 is 26.0. The van der Waals surface area contributed by atoms with Gasteiger partial charge in [-0.2, -0.15) is 4.31 Å². The molecule has 2 rings (SSSR count). The molecular formula is C13H15Cl2NO4S. The molecule has 21 heavy (non-hydrogen) atoms. The molecule has 5 nitrogen and oxygen atoms in total. The molecule has 1 aromatic carbocycles. The molecule has 1 fully saturated rings. The molecule has 8 heteroatoms. The maximum Gasteiger partial charge on any atom is 0.323 e. The van der Waals surface area contributed by atoms with Gasteiger partial charge in [-0.1, -0.05) is 29.3 Å². The summed E-state index contributed by atoms with van der Waals surface area (Å²) in [6, 6.07) is 4.74.